The van der Waals surface area contributed by atoms with E-state index in [9.17, 15) is 18.0 Å². The highest BCUT2D eigenvalue weighted by Crippen LogP contribution is 2.35. The van der Waals surface area contributed by atoms with Crippen LogP contribution in [-0.2, 0) is 26.0 Å². The van der Waals surface area contributed by atoms with Crippen LogP contribution in [0.15, 0.2) is 77.7 Å². The second kappa shape index (κ2) is 14.5. The zero-order valence-corrected chi connectivity index (χ0v) is 25.3. The summed E-state index contributed by atoms with van der Waals surface area (Å²) in [6.07, 6.45) is 2.21. The first kappa shape index (κ1) is 31.5. The van der Waals surface area contributed by atoms with Crippen LogP contribution in [0.1, 0.15) is 37.8 Å². The number of unbranched alkanes of at least 4 members (excludes halogenated alkanes) is 1. The van der Waals surface area contributed by atoms with Crippen molar-refractivity contribution in [2.24, 2.45) is 0 Å². The number of rotatable bonds is 13. The largest absolute Gasteiger partial charge is 0.354 e. The molecule has 0 aliphatic rings. The Bertz CT molecular complexity index is 1400. The Balaban J connectivity index is 1.99. The number of hydrogen-bond donors (Lipinski definition) is 1. The molecule has 0 saturated heterocycles. The predicted molar refractivity (Wildman–Crippen MR) is 161 cm³/mol. The molecule has 0 bridgehead atoms. The maximum atomic E-state index is 13.9. The van der Waals surface area contributed by atoms with E-state index in [0.717, 1.165) is 28.3 Å². The summed E-state index contributed by atoms with van der Waals surface area (Å²) < 4.78 is 28.8. The van der Waals surface area contributed by atoms with Gasteiger partial charge in [0.1, 0.15) is 12.6 Å². The SMILES string of the molecule is CCCCNC(=O)[C@H](C)N(CCc1ccccc1)C(=O)CN(c1cccc(Cl)c1Cl)S(=O)(=O)c1ccc(C)cc1. The maximum Gasteiger partial charge on any atom is 0.264 e. The van der Waals surface area contributed by atoms with Crippen molar-refractivity contribution in [3.05, 3.63) is 94.0 Å². The highest BCUT2D eigenvalue weighted by molar-refractivity contribution is 7.92. The molecule has 0 radical (unpaired) electrons. The molecule has 0 saturated carbocycles. The number of amides is 2. The number of anilines is 1. The van der Waals surface area contributed by atoms with Gasteiger partial charge in [-0.2, -0.15) is 0 Å². The lowest BCUT2D eigenvalue weighted by Crippen LogP contribution is -2.52. The van der Waals surface area contributed by atoms with E-state index in [1.165, 1.54) is 23.1 Å². The molecule has 3 rings (SSSR count). The van der Waals surface area contributed by atoms with Gasteiger partial charge < -0.3 is 10.2 Å². The second-order valence-electron chi connectivity index (χ2n) is 9.54. The molecule has 10 heteroatoms. The van der Waals surface area contributed by atoms with Crippen LogP contribution in [0, 0.1) is 6.92 Å². The number of sulfonamides is 1. The van der Waals surface area contributed by atoms with E-state index in [4.69, 9.17) is 23.2 Å². The van der Waals surface area contributed by atoms with E-state index in [0.29, 0.717) is 13.0 Å². The van der Waals surface area contributed by atoms with Crippen molar-refractivity contribution in [1.82, 2.24) is 10.2 Å². The van der Waals surface area contributed by atoms with Crippen LogP contribution in [-0.4, -0.2) is 50.8 Å². The minimum atomic E-state index is -4.23. The lowest BCUT2D eigenvalue weighted by atomic mass is 10.1. The summed E-state index contributed by atoms with van der Waals surface area (Å²) in [7, 11) is -4.23. The van der Waals surface area contributed by atoms with Gasteiger partial charge in [0.2, 0.25) is 11.8 Å². The molecule has 0 aliphatic carbocycles. The quantitative estimate of drug-likeness (QED) is 0.247. The highest BCUT2D eigenvalue weighted by Gasteiger charge is 2.33. The average molecular weight is 605 g/mol. The summed E-state index contributed by atoms with van der Waals surface area (Å²) >= 11 is 12.7. The lowest BCUT2D eigenvalue weighted by Gasteiger charge is -2.32. The molecule has 214 valence electrons. The van der Waals surface area contributed by atoms with Gasteiger partial charge in [-0.1, -0.05) is 90.6 Å². The minimum Gasteiger partial charge on any atom is -0.354 e. The molecule has 7 nitrogen and oxygen atoms in total. The van der Waals surface area contributed by atoms with Gasteiger partial charge in [-0.05, 0) is 56.5 Å². The van der Waals surface area contributed by atoms with Crippen molar-refractivity contribution >= 4 is 50.7 Å². The Labute approximate surface area is 247 Å². The molecule has 1 atom stereocenters. The standard InChI is InChI=1S/C30H35Cl2N3O4S/c1-4-5-19-33-30(37)23(3)34(20-18-24-10-7-6-8-11-24)28(36)21-35(27-13-9-12-26(31)29(27)32)40(38,39)25-16-14-22(2)15-17-25/h6-17,23H,4-5,18-21H2,1-3H3,(H,33,37)/t23-/m0/s1. The number of carbonyl (C=O) groups excluding carboxylic acids is 2. The molecule has 0 spiro atoms. The fourth-order valence-electron chi connectivity index (χ4n) is 4.14. The molecular formula is C30H35Cl2N3O4S. The third kappa shape index (κ3) is 7.99. The van der Waals surface area contributed by atoms with Crippen molar-refractivity contribution in [1.29, 1.82) is 0 Å². The predicted octanol–water partition coefficient (Wildman–Crippen LogP) is 5.87. The minimum absolute atomic E-state index is 0.00290. The third-order valence-electron chi connectivity index (χ3n) is 6.57. The first-order valence-corrected chi connectivity index (χ1v) is 15.4. The van der Waals surface area contributed by atoms with Gasteiger partial charge in [0.15, 0.2) is 0 Å². The Kier molecular flexibility index (Phi) is 11.4. The van der Waals surface area contributed by atoms with Gasteiger partial charge >= 0.3 is 0 Å². The molecule has 1 N–H and O–H groups in total. The Hall–Kier alpha value is -3.07. The topological polar surface area (TPSA) is 86.8 Å². The summed E-state index contributed by atoms with van der Waals surface area (Å²) in [6, 6.07) is 19.7. The molecule has 0 heterocycles. The number of benzene rings is 3. The van der Waals surface area contributed by atoms with E-state index in [1.807, 2.05) is 44.2 Å². The molecule has 0 aliphatic heterocycles. The van der Waals surface area contributed by atoms with Crippen LogP contribution in [0.2, 0.25) is 10.0 Å². The van der Waals surface area contributed by atoms with E-state index in [2.05, 4.69) is 5.32 Å². The number of nitrogens with one attached hydrogen (secondary N) is 1. The van der Waals surface area contributed by atoms with Crippen LogP contribution >= 0.6 is 23.2 Å². The van der Waals surface area contributed by atoms with Gasteiger partial charge in [0, 0.05) is 13.1 Å². The van der Waals surface area contributed by atoms with Gasteiger partial charge in [0.05, 0.1) is 20.6 Å². The normalized spacial score (nSPS) is 12.0. The number of halogens is 2. The van der Waals surface area contributed by atoms with Crippen LogP contribution < -0.4 is 9.62 Å². The van der Waals surface area contributed by atoms with Crippen molar-refractivity contribution in [2.75, 3.05) is 23.9 Å². The van der Waals surface area contributed by atoms with Crippen molar-refractivity contribution in [2.45, 2.75) is 51.0 Å². The van der Waals surface area contributed by atoms with Gasteiger partial charge in [-0.3, -0.25) is 13.9 Å². The zero-order chi connectivity index (χ0) is 29.3. The first-order valence-electron chi connectivity index (χ1n) is 13.2. The third-order valence-corrected chi connectivity index (χ3v) is 9.15. The average Bonchev–Trinajstić information content (AvgIpc) is 2.94. The highest BCUT2D eigenvalue weighted by atomic mass is 35.5. The first-order chi connectivity index (χ1) is 19.1. The summed E-state index contributed by atoms with van der Waals surface area (Å²) in [5, 5.41) is 3.04. The summed E-state index contributed by atoms with van der Waals surface area (Å²) in [5.74, 6) is -0.843. The fourth-order valence-corrected chi connectivity index (χ4v) is 6.02. The van der Waals surface area contributed by atoms with Crippen molar-refractivity contribution in [3.8, 4) is 0 Å². The van der Waals surface area contributed by atoms with E-state index >= 15 is 0 Å². The fraction of sp³-hybridized carbons (Fsp3) is 0.333. The van der Waals surface area contributed by atoms with Crippen molar-refractivity contribution in [3.63, 3.8) is 0 Å². The smallest absolute Gasteiger partial charge is 0.264 e. The number of nitrogens with zero attached hydrogens (tertiary/aromatic N) is 2. The molecule has 2 amide bonds. The summed E-state index contributed by atoms with van der Waals surface area (Å²) in [5.41, 5.74) is 1.95. The molecule has 0 aromatic heterocycles. The number of aryl methyl sites for hydroxylation is 1. The summed E-state index contributed by atoms with van der Waals surface area (Å²) in [4.78, 5) is 28.3. The Morgan fingerprint density at radius 1 is 0.950 bits per heavy atom. The molecule has 40 heavy (non-hydrogen) atoms. The molecule has 3 aromatic carbocycles. The zero-order valence-electron chi connectivity index (χ0n) is 22.9. The van der Waals surface area contributed by atoms with Crippen LogP contribution in [0.4, 0.5) is 5.69 Å². The summed E-state index contributed by atoms with van der Waals surface area (Å²) in [6.45, 7) is 5.66. The molecule has 0 fully saturated rings. The van der Waals surface area contributed by atoms with E-state index < -0.39 is 28.5 Å². The van der Waals surface area contributed by atoms with Crippen molar-refractivity contribution < 1.29 is 18.0 Å². The van der Waals surface area contributed by atoms with Crippen LogP contribution in [0.3, 0.4) is 0 Å². The van der Waals surface area contributed by atoms with E-state index in [-0.39, 0.29) is 33.1 Å². The van der Waals surface area contributed by atoms with Gasteiger partial charge in [-0.15, -0.1) is 0 Å². The second-order valence-corrected chi connectivity index (χ2v) is 12.2. The Morgan fingerprint density at radius 3 is 2.27 bits per heavy atom. The van der Waals surface area contributed by atoms with Gasteiger partial charge in [0.25, 0.3) is 10.0 Å². The van der Waals surface area contributed by atoms with Crippen LogP contribution in [0.5, 0.6) is 0 Å². The Morgan fingerprint density at radius 2 is 1.62 bits per heavy atom. The molecule has 0 unspecified atom stereocenters. The van der Waals surface area contributed by atoms with Crippen LogP contribution in [0.25, 0.3) is 0 Å². The van der Waals surface area contributed by atoms with E-state index in [1.54, 1.807) is 31.2 Å². The maximum absolute atomic E-state index is 13.9. The van der Waals surface area contributed by atoms with Gasteiger partial charge in [-0.25, -0.2) is 8.42 Å². The molecule has 3 aromatic rings. The lowest BCUT2D eigenvalue weighted by molar-refractivity contribution is -0.138. The molecular weight excluding hydrogens is 569 g/mol. The number of hydrogen-bond acceptors (Lipinski definition) is 4. The monoisotopic (exact) mass is 603 g/mol. The number of carbonyl (C=O) groups is 2.